The Hall–Kier alpha value is -1.50. The lowest BCUT2D eigenvalue weighted by molar-refractivity contribution is -0.136. The van der Waals surface area contributed by atoms with Gasteiger partial charge in [0.1, 0.15) is 6.10 Å². The highest BCUT2D eigenvalue weighted by Crippen LogP contribution is 2.17. The van der Waals surface area contributed by atoms with Crippen molar-refractivity contribution in [3.8, 4) is 0 Å². The highest BCUT2D eigenvalue weighted by molar-refractivity contribution is 5.80. The number of hydrazine groups is 1. The Morgan fingerprint density at radius 3 is 1.83 bits per heavy atom. The van der Waals surface area contributed by atoms with Gasteiger partial charge in [-0.1, -0.05) is 0 Å². The molecule has 1 aliphatic heterocycles. The Morgan fingerprint density at radius 1 is 0.810 bits per heavy atom. The fourth-order valence-corrected chi connectivity index (χ4v) is 3.60. The average Bonchev–Trinajstić information content (AvgIpc) is 3.22. The molecule has 1 heterocycles. The fourth-order valence-electron chi connectivity index (χ4n) is 3.60. The monoisotopic (exact) mass is 610 g/mol. The van der Waals surface area contributed by atoms with Gasteiger partial charge in [-0.15, -0.1) is 0 Å². The van der Waals surface area contributed by atoms with Gasteiger partial charge in [-0.3, -0.25) is 19.8 Å². The molecule has 1 N–H and O–H groups in total. The summed E-state index contributed by atoms with van der Waals surface area (Å²) in [6.07, 6.45) is 0.541. The molecular formula is C27H52N3O12-. The third-order valence-corrected chi connectivity index (χ3v) is 5.88. The standard InChI is InChI=1S/C27H52N3O12/c1-24-21-27(32)29(30(24)33)7-5-26(31)28-6-4-8-40-22-25(42-20-19-39-16-14-37-12-10-35-3)23-41-18-17-38-15-13-36-11-9-34-2/h24-25H,4-23H2,1-3H3,(H,28,31)/q-1. The number of carbonyl (C=O) groups excluding carboxylic acids is 2. The van der Waals surface area contributed by atoms with Crippen LogP contribution >= 0.6 is 0 Å². The molecule has 42 heavy (non-hydrogen) atoms. The second-order valence-electron chi connectivity index (χ2n) is 9.40. The van der Waals surface area contributed by atoms with Crippen LogP contribution in [0.5, 0.6) is 0 Å². The van der Waals surface area contributed by atoms with E-state index in [0.29, 0.717) is 117 Å². The van der Waals surface area contributed by atoms with E-state index in [1.807, 2.05) is 0 Å². The first kappa shape index (κ1) is 38.5. The van der Waals surface area contributed by atoms with Crippen LogP contribution < -0.4 is 5.32 Å². The van der Waals surface area contributed by atoms with Gasteiger partial charge in [0.15, 0.2) is 0 Å². The number of amides is 2. The van der Waals surface area contributed by atoms with Crippen LogP contribution in [0, 0.1) is 5.21 Å². The Bertz CT molecular complexity index is 664. The summed E-state index contributed by atoms with van der Waals surface area (Å²) in [6, 6.07) is -0.390. The van der Waals surface area contributed by atoms with Gasteiger partial charge in [0, 0.05) is 52.8 Å². The summed E-state index contributed by atoms with van der Waals surface area (Å²) in [4.78, 5) is 23.9. The first-order chi connectivity index (χ1) is 20.5. The molecule has 0 saturated carbocycles. The van der Waals surface area contributed by atoms with Crippen molar-refractivity contribution >= 4 is 11.8 Å². The van der Waals surface area contributed by atoms with Crippen LogP contribution in [-0.2, 0) is 52.2 Å². The van der Waals surface area contributed by atoms with E-state index in [-0.39, 0.29) is 43.3 Å². The van der Waals surface area contributed by atoms with Gasteiger partial charge in [0.05, 0.1) is 92.5 Å². The number of methoxy groups -OCH3 is 2. The summed E-state index contributed by atoms with van der Waals surface area (Å²) in [5, 5.41) is 16.4. The van der Waals surface area contributed by atoms with Gasteiger partial charge in [-0.2, -0.15) is 0 Å². The van der Waals surface area contributed by atoms with Crippen LogP contribution in [0.2, 0.25) is 0 Å². The van der Waals surface area contributed by atoms with E-state index in [4.69, 9.17) is 42.6 Å². The minimum absolute atomic E-state index is 0.0667. The average molecular weight is 611 g/mol. The van der Waals surface area contributed by atoms with E-state index in [9.17, 15) is 14.8 Å². The Morgan fingerprint density at radius 2 is 1.31 bits per heavy atom. The van der Waals surface area contributed by atoms with Crippen molar-refractivity contribution in [2.45, 2.75) is 38.3 Å². The van der Waals surface area contributed by atoms with Crippen LogP contribution in [-0.4, -0.2) is 161 Å². The number of hydroxylamine groups is 1. The van der Waals surface area contributed by atoms with Gasteiger partial charge in [-0.05, 0) is 13.3 Å². The maximum Gasteiger partial charge on any atom is 0.237 e. The highest BCUT2D eigenvalue weighted by Gasteiger charge is 2.28. The molecule has 2 atom stereocenters. The molecule has 0 bridgehead atoms. The van der Waals surface area contributed by atoms with Crippen molar-refractivity contribution in [2.24, 2.45) is 0 Å². The van der Waals surface area contributed by atoms with Crippen molar-refractivity contribution in [3.63, 3.8) is 0 Å². The molecule has 15 heteroatoms. The number of hydrogen-bond donors (Lipinski definition) is 1. The summed E-state index contributed by atoms with van der Waals surface area (Å²) in [6.45, 7) is 8.95. The zero-order valence-electron chi connectivity index (χ0n) is 25.6. The second kappa shape index (κ2) is 27.1. The summed E-state index contributed by atoms with van der Waals surface area (Å²) in [7, 11) is 3.25. The molecule has 0 spiro atoms. The summed E-state index contributed by atoms with van der Waals surface area (Å²) >= 11 is 0. The number of nitrogens with one attached hydrogen (secondary N) is 1. The first-order valence-corrected chi connectivity index (χ1v) is 14.6. The van der Waals surface area contributed by atoms with Crippen LogP contribution in [0.15, 0.2) is 0 Å². The quantitative estimate of drug-likeness (QED) is 0.108. The smallest absolute Gasteiger partial charge is 0.237 e. The molecule has 1 fully saturated rings. The van der Waals surface area contributed by atoms with E-state index < -0.39 is 0 Å². The Kier molecular flexibility index (Phi) is 24.8. The minimum Gasteiger partial charge on any atom is -0.767 e. The van der Waals surface area contributed by atoms with Crippen LogP contribution in [0.1, 0.15) is 26.2 Å². The van der Waals surface area contributed by atoms with Crippen LogP contribution in [0.4, 0.5) is 0 Å². The van der Waals surface area contributed by atoms with Crippen LogP contribution in [0.3, 0.4) is 0 Å². The summed E-state index contributed by atoms with van der Waals surface area (Å²) < 4.78 is 48.9. The maximum absolute atomic E-state index is 12.1. The van der Waals surface area contributed by atoms with Gasteiger partial charge in [-0.25, -0.2) is 0 Å². The minimum atomic E-state index is -0.390. The third kappa shape index (κ3) is 20.4. The lowest BCUT2D eigenvalue weighted by Crippen LogP contribution is -2.40. The lowest BCUT2D eigenvalue weighted by atomic mass is 10.3. The number of ether oxygens (including phenoxy) is 9. The normalized spacial score (nSPS) is 16.4. The molecule has 15 nitrogen and oxygen atoms in total. The highest BCUT2D eigenvalue weighted by atomic mass is 16.6. The van der Waals surface area contributed by atoms with E-state index in [1.54, 1.807) is 21.1 Å². The molecule has 1 saturated heterocycles. The van der Waals surface area contributed by atoms with Crippen molar-refractivity contribution in [3.05, 3.63) is 5.21 Å². The van der Waals surface area contributed by atoms with Crippen molar-refractivity contribution < 1.29 is 52.2 Å². The molecule has 248 valence electrons. The molecular weight excluding hydrogens is 558 g/mol. The number of nitrogens with zero attached hydrogens (tertiary/aromatic N) is 2. The molecule has 1 aliphatic rings. The van der Waals surface area contributed by atoms with Gasteiger partial charge in [0.25, 0.3) is 0 Å². The molecule has 2 amide bonds. The number of rotatable bonds is 30. The van der Waals surface area contributed by atoms with E-state index in [0.717, 1.165) is 5.01 Å². The Labute approximate surface area is 249 Å². The molecule has 2 unspecified atom stereocenters. The first-order valence-electron chi connectivity index (χ1n) is 14.6. The molecule has 1 rings (SSSR count). The van der Waals surface area contributed by atoms with E-state index in [1.165, 1.54) is 0 Å². The van der Waals surface area contributed by atoms with Gasteiger partial charge >= 0.3 is 0 Å². The number of hydrogen-bond acceptors (Lipinski definition) is 13. The predicted octanol–water partition coefficient (Wildman–Crippen LogP) is -0.00400. The largest absolute Gasteiger partial charge is 0.767 e. The van der Waals surface area contributed by atoms with Gasteiger partial charge in [0.2, 0.25) is 11.8 Å². The molecule has 0 aliphatic carbocycles. The summed E-state index contributed by atoms with van der Waals surface area (Å²) in [5.41, 5.74) is 0. The Balaban J connectivity index is 2.17. The van der Waals surface area contributed by atoms with Crippen molar-refractivity contribution in [1.82, 2.24) is 15.5 Å². The SMILES string of the molecule is COCCOCCOCCOCC(COCCCNC(=O)CCN1C(=O)CC(C)N1[O-])OCCOCCOCCOC. The fraction of sp³-hybridized carbons (Fsp3) is 0.926. The topological polar surface area (TPSA) is 159 Å². The van der Waals surface area contributed by atoms with Crippen LogP contribution in [0.25, 0.3) is 0 Å². The predicted molar refractivity (Wildman–Crippen MR) is 152 cm³/mol. The second-order valence-corrected chi connectivity index (χ2v) is 9.40. The zero-order valence-corrected chi connectivity index (χ0v) is 25.6. The van der Waals surface area contributed by atoms with Gasteiger partial charge < -0.3 is 53.2 Å². The molecule has 0 aromatic rings. The van der Waals surface area contributed by atoms with Crippen molar-refractivity contribution in [2.75, 3.05) is 126 Å². The zero-order chi connectivity index (χ0) is 30.7. The number of carbonyl (C=O) groups is 2. The van der Waals surface area contributed by atoms with E-state index in [2.05, 4.69) is 5.32 Å². The third-order valence-electron chi connectivity index (χ3n) is 5.88. The lowest BCUT2D eigenvalue weighted by Gasteiger charge is -2.35. The van der Waals surface area contributed by atoms with E-state index >= 15 is 0 Å². The molecule has 0 aromatic carbocycles. The summed E-state index contributed by atoms with van der Waals surface area (Å²) in [5.74, 6) is -0.480. The molecule has 0 aromatic heterocycles. The maximum atomic E-state index is 12.1. The van der Waals surface area contributed by atoms with Crippen molar-refractivity contribution in [1.29, 1.82) is 0 Å². The molecule has 0 radical (unpaired) electrons.